The summed E-state index contributed by atoms with van der Waals surface area (Å²) >= 11 is 1.20. The molecule has 33 heavy (non-hydrogen) atoms. The van der Waals surface area contributed by atoms with Gasteiger partial charge in [-0.1, -0.05) is 54.2 Å². The lowest BCUT2D eigenvalue weighted by Gasteiger charge is -2.13. The van der Waals surface area contributed by atoms with E-state index in [1.807, 2.05) is 30.3 Å². The number of H-pyrrole nitrogens is 1. The number of fused-ring (bicyclic) bond motifs is 4. The van der Waals surface area contributed by atoms with Crippen molar-refractivity contribution in [2.75, 3.05) is 5.75 Å². The third kappa shape index (κ3) is 3.13. The molecule has 0 unspecified atom stereocenters. The lowest BCUT2D eigenvalue weighted by molar-refractivity contribution is 0.559. The Morgan fingerprint density at radius 3 is 2.39 bits per heavy atom. The molecule has 160 valence electrons. The van der Waals surface area contributed by atoms with Crippen molar-refractivity contribution in [3.63, 3.8) is 0 Å². The maximum absolute atomic E-state index is 12.8. The highest BCUT2D eigenvalue weighted by Crippen LogP contribution is 2.26. The first-order valence-corrected chi connectivity index (χ1v) is 11.1. The molecule has 9 heteroatoms. The fourth-order valence-corrected chi connectivity index (χ4v) is 4.78. The summed E-state index contributed by atoms with van der Waals surface area (Å²) in [7, 11) is 0. The number of benzene rings is 3. The number of aromatic nitrogens is 2. The second kappa shape index (κ2) is 7.42. The summed E-state index contributed by atoms with van der Waals surface area (Å²) < 4.78 is 6.64. The molecule has 1 N–H and O–H groups in total. The summed E-state index contributed by atoms with van der Waals surface area (Å²) in [5.41, 5.74) is -0.0582. The molecular formula is C24H14N4O4S. The van der Waals surface area contributed by atoms with Crippen LogP contribution in [0.4, 0.5) is 0 Å². The van der Waals surface area contributed by atoms with E-state index in [-0.39, 0.29) is 10.9 Å². The minimum absolute atomic E-state index is 0.224. The van der Waals surface area contributed by atoms with Gasteiger partial charge >= 0.3 is 5.63 Å². The maximum Gasteiger partial charge on any atom is 0.345 e. The van der Waals surface area contributed by atoms with Gasteiger partial charge in [0, 0.05) is 11.1 Å². The van der Waals surface area contributed by atoms with E-state index in [1.54, 1.807) is 36.4 Å². The van der Waals surface area contributed by atoms with Gasteiger partial charge in [0.15, 0.2) is 0 Å². The van der Waals surface area contributed by atoms with Gasteiger partial charge in [-0.05, 0) is 35.0 Å². The van der Waals surface area contributed by atoms with Gasteiger partial charge in [-0.3, -0.25) is 14.7 Å². The molecule has 5 aromatic rings. The number of thioether (sulfide) groups is 1. The largest absolute Gasteiger partial charge is 0.422 e. The molecule has 0 amide bonds. The molecule has 0 saturated heterocycles. The molecule has 1 aliphatic rings. The lowest BCUT2D eigenvalue weighted by atomic mass is 10.0. The van der Waals surface area contributed by atoms with E-state index in [2.05, 4.69) is 15.3 Å². The van der Waals surface area contributed by atoms with Crippen LogP contribution in [0.15, 0.2) is 95.7 Å². The minimum atomic E-state index is -0.507. The van der Waals surface area contributed by atoms with Crippen LogP contribution in [0.2, 0.25) is 0 Å². The van der Waals surface area contributed by atoms with Crippen molar-refractivity contribution in [1.82, 2.24) is 9.78 Å². The van der Waals surface area contributed by atoms with E-state index in [0.717, 1.165) is 20.8 Å². The molecule has 0 aliphatic carbocycles. The predicted octanol–water partition coefficient (Wildman–Crippen LogP) is 3.30. The van der Waals surface area contributed by atoms with E-state index in [4.69, 9.17) is 4.42 Å². The molecular weight excluding hydrogens is 440 g/mol. The molecule has 0 radical (unpaired) electrons. The maximum atomic E-state index is 12.8. The van der Waals surface area contributed by atoms with Gasteiger partial charge < -0.3 is 4.42 Å². The van der Waals surface area contributed by atoms with Crippen LogP contribution in [0.1, 0.15) is 5.56 Å². The van der Waals surface area contributed by atoms with E-state index in [1.165, 1.54) is 11.8 Å². The number of rotatable bonds is 1. The highest BCUT2D eigenvalue weighted by molar-refractivity contribution is 8.14. The number of nitrogens with zero attached hydrogens (tertiary/aromatic N) is 3. The van der Waals surface area contributed by atoms with E-state index in [9.17, 15) is 14.4 Å². The van der Waals surface area contributed by atoms with Gasteiger partial charge in [0.05, 0.1) is 22.0 Å². The minimum Gasteiger partial charge on any atom is -0.422 e. The normalized spacial score (nSPS) is 13.9. The highest BCUT2D eigenvalue weighted by atomic mass is 32.2. The number of aromatic amines is 1. The molecule has 2 aromatic heterocycles. The van der Waals surface area contributed by atoms with Crippen molar-refractivity contribution in [3.05, 3.63) is 103 Å². The first-order valence-electron chi connectivity index (χ1n) is 10.1. The fourth-order valence-electron chi connectivity index (χ4n) is 3.94. The lowest BCUT2D eigenvalue weighted by Crippen LogP contribution is -2.35. The quantitative estimate of drug-likeness (QED) is 0.309. The summed E-state index contributed by atoms with van der Waals surface area (Å²) in [5.74, 6) is 0.279. The topological polar surface area (TPSA) is 110 Å². The van der Waals surface area contributed by atoms with Crippen molar-refractivity contribution in [1.29, 1.82) is 0 Å². The van der Waals surface area contributed by atoms with Crippen molar-refractivity contribution in [3.8, 4) is 0 Å². The summed E-state index contributed by atoms with van der Waals surface area (Å²) in [5, 5.41) is 14.5. The van der Waals surface area contributed by atoms with Gasteiger partial charge in [-0.25, -0.2) is 4.79 Å². The van der Waals surface area contributed by atoms with Crippen LogP contribution in [0.3, 0.4) is 0 Å². The average Bonchev–Trinajstić information content (AvgIpc) is 2.86. The third-order valence-corrected chi connectivity index (χ3v) is 6.50. The predicted molar refractivity (Wildman–Crippen MR) is 131 cm³/mol. The highest BCUT2D eigenvalue weighted by Gasteiger charge is 2.20. The molecule has 6 rings (SSSR count). The molecule has 3 aromatic carbocycles. The van der Waals surface area contributed by atoms with Gasteiger partial charge in [-0.15, -0.1) is 5.10 Å². The molecule has 0 saturated carbocycles. The summed E-state index contributed by atoms with van der Waals surface area (Å²) in [4.78, 5) is 37.9. The Bertz CT molecular complexity index is 1850. The average molecular weight is 454 g/mol. The van der Waals surface area contributed by atoms with Crippen LogP contribution in [0.25, 0.3) is 32.5 Å². The Hall–Kier alpha value is -4.24. The van der Waals surface area contributed by atoms with Crippen LogP contribution >= 0.6 is 11.8 Å². The summed E-state index contributed by atoms with van der Waals surface area (Å²) in [6, 6.07) is 19.9. The molecule has 3 heterocycles. The van der Waals surface area contributed by atoms with E-state index >= 15 is 0 Å². The second-order valence-corrected chi connectivity index (χ2v) is 8.43. The SMILES string of the molecule is O=c1oc2ccc3ccccc3c2cc1C1=NN=C(n2[nH]c(=O)c3ccccc3c2=O)SC1. The van der Waals surface area contributed by atoms with Crippen LogP contribution in [0, 0.1) is 0 Å². The van der Waals surface area contributed by atoms with Crippen molar-refractivity contribution in [2.45, 2.75) is 0 Å². The Morgan fingerprint density at radius 2 is 1.61 bits per heavy atom. The van der Waals surface area contributed by atoms with Crippen molar-refractivity contribution < 1.29 is 4.42 Å². The first-order chi connectivity index (χ1) is 16.1. The zero-order valence-electron chi connectivity index (χ0n) is 16.9. The Morgan fingerprint density at radius 1 is 0.848 bits per heavy atom. The molecule has 1 aliphatic heterocycles. The van der Waals surface area contributed by atoms with Gasteiger partial charge in [0.1, 0.15) is 5.58 Å². The summed E-state index contributed by atoms with van der Waals surface area (Å²) in [6.07, 6.45) is 0. The summed E-state index contributed by atoms with van der Waals surface area (Å²) in [6.45, 7) is 0. The van der Waals surface area contributed by atoms with E-state index < -0.39 is 16.7 Å². The van der Waals surface area contributed by atoms with E-state index in [0.29, 0.717) is 27.6 Å². The Balaban J connectivity index is 1.48. The van der Waals surface area contributed by atoms with Gasteiger partial charge in [0.2, 0.25) is 5.17 Å². The van der Waals surface area contributed by atoms with Crippen molar-refractivity contribution >= 4 is 55.2 Å². The monoisotopic (exact) mass is 454 g/mol. The van der Waals surface area contributed by atoms with Gasteiger partial charge in [0.25, 0.3) is 11.1 Å². The Labute approximate surface area is 188 Å². The Kier molecular flexibility index (Phi) is 4.37. The fraction of sp³-hybridized carbons (Fsp3) is 0.0417. The number of nitrogens with one attached hydrogen (secondary N) is 1. The number of hydrogen-bond acceptors (Lipinski definition) is 7. The van der Waals surface area contributed by atoms with Crippen LogP contribution in [-0.2, 0) is 0 Å². The standard InChI is InChI=1S/C24H14N4O4S/c29-21-15-7-3-4-8-16(15)22(30)28(27-21)24-26-25-19(12-33-24)18-11-17-14-6-2-1-5-13(14)9-10-20(17)32-23(18)31/h1-11H,12H2,(H,27,29). The van der Waals surface area contributed by atoms with Crippen LogP contribution < -0.4 is 16.7 Å². The third-order valence-electron chi connectivity index (χ3n) is 5.56. The molecule has 8 nitrogen and oxygen atoms in total. The zero-order chi connectivity index (χ0) is 22.5. The van der Waals surface area contributed by atoms with Crippen LogP contribution in [-0.4, -0.2) is 26.4 Å². The second-order valence-electron chi connectivity index (χ2n) is 7.49. The number of hydrogen-bond donors (Lipinski definition) is 1. The smallest absolute Gasteiger partial charge is 0.345 e. The molecule has 0 fully saturated rings. The molecule has 0 bridgehead atoms. The van der Waals surface area contributed by atoms with Crippen molar-refractivity contribution in [2.24, 2.45) is 10.2 Å². The van der Waals surface area contributed by atoms with Gasteiger partial charge in [-0.2, -0.15) is 9.78 Å². The zero-order valence-corrected chi connectivity index (χ0v) is 17.8. The first kappa shape index (κ1) is 19.4. The van der Waals surface area contributed by atoms with Crippen LogP contribution in [0.5, 0.6) is 0 Å². The molecule has 0 atom stereocenters. The molecule has 0 spiro atoms.